The fourth-order valence-corrected chi connectivity index (χ4v) is 3.19. The van der Waals surface area contributed by atoms with Crippen molar-refractivity contribution in [3.05, 3.63) is 54.2 Å². The molecule has 0 atom stereocenters. The number of nitrogens with zero attached hydrogens (tertiary/aromatic N) is 5. The molecule has 2 N–H and O–H groups in total. The van der Waals surface area contributed by atoms with Gasteiger partial charge in [0.1, 0.15) is 0 Å². The summed E-state index contributed by atoms with van der Waals surface area (Å²) in [6.07, 6.45) is 1.81. The Labute approximate surface area is 144 Å². The summed E-state index contributed by atoms with van der Waals surface area (Å²) < 4.78 is 3.65. The molecule has 6 heteroatoms. The molecule has 0 fully saturated rings. The largest absolute Gasteiger partial charge is 0.369 e. The number of aryl methyl sites for hydroxylation is 2. The highest BCUT2D eigenvalue weighted by Crippen LogP contribution is 2.37. The first-order valence-electron chi connectivity index (χ1n) is 7.84. The number of fused-ring (bicyclic) bond motifs is 1. The number of hydrogen-bond donors (Lipinski definition) is 1. The van der Waals surface area contributed by atoms with Gasteiger partial charge in [-0.3, -0.25) is 4.68 Å². The van der Waals surface area contributed by atoms with Gasteiger partial charge >= 0.3 is 0 Å². The molecule has 0 saturated carbocycles. The fourth-order valence-electron chi connectivity index (χ4n) is 3.19. The van der Waals surface area contributed by atoms with E-state index in [1.807, 2.05) is 67.3 Å². The van der Waals surface area contributed by atoms with Crippen LogP contribution >= 0.6 is 0 Å². The number of benzene rings is 2. The average molecular weight is 328 g/mol. The lowest BCUT2D eigenvalue weighted by Crippen LogP contribution is -1.96. The summed E-state index contributed by atoms with van der Waals surface area (Å²) in [6, 6.07) is 15.8. The summed E-state index contributed by atoms with van der Waals surface area (Å²) in [4.78, 5) is 4.51. The van der Waals surface area contributed by atoms with Crippen LogP contribution in [0.25, 0.3) is 33.4 Å². The Kier molecular flexibility index (Phi) is 3.29. The molecule has 2 aromatic carbocycles. The van der Waals surface area contributed by atoms with Crippen LogP contribution in [-0.4, -0.2) is 19.3 Å². The molecule has 0 bridgehead atoms. The monoisotopic (exact) mass is 328 g/mol. The van der Waals surface area contributed by atoms with Gasteiger partial charge in [-0.1, -0.05) is 30.3 Å². The van der Waals surface area contributed by atoms with Crippen LogP contribution in [-0.2, 0) is 14.1 Å². The number of anilines is 1. The number of hydrogen-bond acceptors (Lipinski definition) is 4. The number of imidazole rings is 1. The Hall–Kier alpha value is -3.59. The van der Waals surface area contributed by atoms with Crippen molar-refractivity contribution in [1.29, 1.82) is 5.26 Å². The van der Waals surface area contributed by atoms with Gasteiger partial charge in [-0.25, -0.2) is 4.98 Å². The van der Waals surface area contributed by atoms with Gasteiger partial charge in [0.15, 0.2) is 0 Å². The predicted octanol–water partition coefficient (Wildman–Crippen LogP) is 3.09. The van der Waals surface area contributed by atoms with E-state index in [4.69, 9.17) is 5.73 Å². The minimum absolute atomic E-state index is 0.463. The van der Waals surface area contributed by atoms with Crippen molar-refractivity contribution in [2.75, 3.05) is 5.73 Å². The molecule has 2 heterocycles. The van der Waals surface area contributed by atoms with Gasteiger partial charge in [0, 0.05) is 30.8 Å². The lowest BCUT2D eigenvalue weighted by Gasteiger charge is -2.09. The van der Waals surface area contributed by atoms with Crippen molar-refractivity contribution in [2.45, 2.75) is 0 Å². The van der Waals surface area contributed by atoms with Crippen molar-refractivity contribution >= 4 is 17.0 Å². The quantitative estimate of drug-likeness (QED) is 0.612. The lowest BCUT2D eigenvalue weighted by molar-refractivity contribution is 0.776. The zero-order chi connectivity index (χ0) is 17.6. The van der Waals surface area contributed by atoms with Gasteiger partial charge in [0.25, 0.3) is 0 Å². The first-order chi connectivity index (χ1) is 12.1. The van der Waals surface area contributed by atoms with Crippen molar-refractivity contribution in [3.63, 3.8) is 0 Å². The lowest BCUT2D eigenvalue weighted by atomic mass is 9.97. The molecule has 0 unspecified atom stereocenters. The van der Waals surface area contributed by atoms with Crippen LogP contribution in [0.1, 0.15) is 5.56 Å². The van der Waals surface area contributed by atoms with E-state index in [2.05, 4.69) is 16.2 Å². The van der Waals surface area contributed by atoms with E-state index in [0.29, 0.717) is 11.5 Å². The molecule has 0 aliphatic carbocycles. The fraction of sp³-hybridized carbons (Fsp3) is 0.105. The molecule has 0 radical (unpaired) electrons. The third-order valence-corrected chi connectivity index (χ3v) is 4.48. The number of nitriles is 1. The summed E-state index contributed by atoms with van der Waals surface area (Å²) in [5.41, 5.74) is 12.0. The van der Waals surface area contributed by atoms with Gasteiger partial charge in [-0.2, -0.15) is 10.4 Å². The van der Waals surface area contributed by atoms with Crippen LogP contribution in [0.5, 0.6) is 0 Å². The maximum absolute atomic E-state index is 9.47. The SMILES string of the molecule is Cn1ncc(-c2cccc3c2nc(N)n3C)c1-c1ccccc1C#N. The normalized spacial score (nSPS) is 10.9. The van der Waals surface area contributed by atoms with E-state index < -0.39 is 0 Å². The second-order valence-electron chi connectivity index (χ2n) is 5.89. The minimum atomic E-state index is 0.463. The molecule has 0 amide bonds. The standard InChI is InChI=1S/C19H16N6/c1-24-16-9-5-8-14(17(16)23-19(24)21)15-11-22-25(2)18(15)13-7-4-3-6-12(13)10-20/h3-9,11H,1-2H3,(H2,21,23). The van der Waals surface area contributed by atoms with E-state index in [-0.39, 0.29) is 0 Å². The molecule has 4 rings (SSSR count). The zero-order valence-corrected chi connectivity index (χ0v) is 13.9. The van der Waals surface area contributed by atoms with E-state index in [1.54, 1.807) is 4.68 Å². The van der Waals surface area contributed by atoms with E-state index in [9.17, 15) is 5.26 Å². The molecule has 0 spiro atoms. The Morgan fingerprint density at radius 1 is 1.00 bits per heavy atom. The number of aromatic nitrogens is 4. The molecular weight excluding hydrogens is 312 g/mol. The Morgan fingerprint density at radius 2 is 1.76 bits per heavy atom. The second-order valence-corrected chi connectivity index (χ2v) is 5.89. The third kappa shape index (κ3) is 2.17. The predicted molar refractivity (Wildman–Crippen MR) is 97.5 cm³/mol. The van der Waals surface area contributed by atoms with Crippen LogP contribution in [0.15, 0.2) is 48.7 Å². The molecular formula is C19H16N6. The first kappa shape index (κ1) is 15.0. The molecule has 0 saturated heterocycles. The van der Waals surface area contributed by atoms with Crippen LogP contribution < -0.4 is 5.73 Å². The van der Waals surface area contributed by atoms with Gasteiger partial charge in [0.2, 0.25) is 5.95 Å². The van der Waals surface area contributed by atoms with Gasteiger partial charge < -0.3 is 10.3 Å². The Bertz CT molecular complexity index is 1140. The third-order valence-electron chi connectivity index (χ3n) is 4.48. The topological polar surface area (TPSA) is 85.5 Å². The van der Waals surface area contributed by atoms with E-state index in [0.717, 1.165) is 33.4 Å². The maximum Gasteiger partial charge on any atom is 0.200 e. The van der Waals surface area contributed by atoms with Crippen LogP contribution in [0.4, 0.5) is 5.95 Å². The van der Waals surface area contributed by atoms with Crippen LogP contribution in [0.2, 0.25) is 0 Å². The second kappa shape index (κ2) is 5.49. The van der Waals surface area contributed by atoms with Crippen molar-refractivity contribution < 1.29 is 0 Å². The summed E-state index contributed by atoms with van der Waals surface area (Å²) in [7, 11) is 3.77. The van der Waals surface area contributed by atoms with Gasteiger partial charge in [-0.05, 0) is 12.1 Å². The van der Waals surface area contributed by atoms with Crippen molar-refractivity contribution in [1.82, 2.24) is 19.3 Å². The number of rotatable bonds is 2. The van der Waals surface area contributed by atoms with Crippen molar-refractivity contribution in [3.8, 4) is 28.5 Å². The molecule has 6 nitrogen and oxygen atoms in total. The highest BCUT2D eigenvalue weighted by Gasteiger charge is 2.19. The molecule has 0 aliphatic heterocycles. The molecule has 0 aliphatic rings. The summed E-state index contributed by atoms with van der Waals surface area (Å²) in [5, 5.41) is 13.9. The highest BCUT2D eigenvalue weighted by atomic mass is 15.3. The Balaban J connectivity index is 2.04. The zero-order valence-electron chi connectivity index (χ0n) is 13.9. The molecule has 4 aromatic rings. The van der Waals surface area contributed by atoms with Crippen LogP contribution in [0.3, 0.4) is 0 Å². The maximum atomic E-state index is 9.47. The van der Waals surface area contributed by atoms with Crippen molar-refractivity contribution in [2.24, 2.45) is 14.1 Å². The van der Waals surface area contributed by atoms with Gasteiger partial charge in [-0.15, -0.1) is 0 Å². The minimum Gasteiger partial charge on any atom is -0.369 e. The first-order valence-corrected chi connectivity index (χ1v) is 7.84. The number of para-hydroxylation sites is 1. The highest BCUT2D eigenvalue weighted by molar-refractivity contribution is 5.97. The molecule has 2 aromatic heterocycles. The number of nitrogen functional groups attached to an aromatic ring is 1. The summed E-state index contributed by atoms with van der Waals surface area (Å²) in [6.45, 7) is 0. The number of nitrogens with two attached hydrogens (primary N) is 1. The van der Waals surface area contributed by atoms with Crippen LogP contribution in [0, 0.1) is 11.3 Å². The molecule has 25 heavy (non-hydrogen) atoms. The smallest absolute Gasteiger partial charge is 0.200 e. The summed E-state index contributed by atoms with van der Waals surface area (Å²) in [5.74, 6) is 0.463. The van der Waals surface area contributed by atoms with E-state index >= 15 is 0 Å². The summed E-state index contributed by atoms with van der Waals surface area (Å²) >= 11 is 0. The average Bonchev–Trinajstić information content (AvgIpc) is 3.15. The van der Waals surface area contributed by atoms with Gasteiger partial charge in [0.05, 0.1) is 34.6 Å². The Morgan fingerprint density at radius 3 is 2.56 bits per heavy atom. The van der Waals surface area contributed by atoms with E-state index in [1.165, 1.54) is 0 Å². The molecule has 122 valence electrons.